The predicted octanol–water partition coefficient (Wildman–Crippen LogP) is 4.92. The van der Waals surface area contributed by atoms with Gasteiger partial charge in [-0.1, -0.05) is 23.7 Å². The van der Waals surface area contributed by atoms with Crippen LogP contribution < -0.4 is 9.47 Å². The van der Waals surface area contributed by atoms with Gasteiger partial charge in [-0.05, 0) is 42.0 Å². The Kier molecular flexibility index (Phi) is 5.25. The van der Waals surface area contributed by atoms with Gasteiger partial charge in [0, 0.05) is 42.6 Å². The Morgan fingerprint density at radius 2 is 2.00 bits per heavy atom. The normalized spacial score (nSPS) is 12.9. The van der Waals surface area contributed by atoms with Crippen LogP contribution in [0.4, 0.5) is 0 Å². The maximum Gasteiger partial charge on any atom is 0.260 e. The Bertz CT molecular complexity index is 1300. The third kappa shape index (κ3) is 4.15. The van der Waals surface area contributed by atoms with Gasteiger partial charge in [0.2, 0.25) is 0 Å². The summed E-state index contributed by atoms with van der Waals surface area (Å²) in [4.78, 5) is 19.1. The van der Waals surface area contributed by atoms with E-state index in [4.69, 9.17) is 21.1 Å². The van der Waals surface area contributed by atoms with Crippen molar-refractivity contribution in [2.24, 2.45) is 7.05 Å². The monoisotopic (exact) mass is 446 g/mol. The third-order valence-electron chi connectivity index (χ3n) is 5.07. The van der Waals surface area contributed by atoms with Crippen LogP contribution in [-0.4, -0.2) is 32.3 Å². The lowest BCUT2D eigenvalue weighted by molar-refractivity contribution is 0.0498. The second kappa shape index (κ2) is 8.36. The van der Waals surface area contributed by atoms with Gasteiger partial charge in [-0.15, -0.1) is 0 Å². The molecule has 0 saturated heterocycles. The summed E-state index contributed by atoms with van der Waals surface area (Å²) >= 11 is 6.07. The average Bonchev–Trinajstić information content (AvgIpc) is 3.23. The number of pyridine rings is 1. The highest BCUT2D eigenvalue weighted by Crippen LogP contribution is 2.32. The van der Waals surface area contributed by atoms with Crippen molar-refractivity contribution in [3.8, 4) is 28.5 Å². The molecule has 2 aromatic carbocycles. The average molecular weight is 447 g/mol. The van der Waals surface area contributed by atoms with Crippen molar-refractivity contribution in [3.63, 3.8) is 0 Å². The van der Waals surface area contributed by atoms with Crippen LogP contribution in [0.3, 0.4) is 0 Å². The molecule has 0 atom stereocenters. The fourth-order valence-corrected chi connectivity index (χ4v) is 3.75. The maximum atomic E-state index is 13.1. The number of rotatable bonds is 5. The molecule has 4 aromatic rings. The minimum absolute atomic E-state index is 0.123. The first-order chi connectivity index (χ1) is 15.5. The van der Waals surface area contributed by atoms with Gasteiger partial charge >= 0.3 is 0 Å². The van der Waals surface area contributed by atoms with Gasteiger partial charge in [0.15, 0.2) is 6.73 Å². The van der Waals surface area contributed by atoms with Crippen LogP contribution in [0.1, 0.15) is 15.9 Å². The Morgan fingerprint density at radius 3 is 2.81 bits per heavy atom. The van der Waals surface area contributed by atoms with Gasteiger partial charge < -0.3 is 14.4 Å². The van der Waals surface area contributed by atoms with Crippen LogP contribution in [-0.2, 0) is 13.6 Å². The fourth-order valence-electron chi connectivity index (χ4n) is 3.54. The van der Waals surface area contributed by atoms with Crippen molar-refractivity contribution in [2.75, 3.05) is 6.73 Å². The van der Waals surface area contributed by atoms with E-state index in [2.05, 4.69) is 10.1 Å². The van der Waals surface area contributed by atoms with E-state index in [1.165, 1.54) is 0 Å². The van der Waals surface area contributed by atoms with E-state index in [1.807, 2.05) is 37.5 Å². The molecule has 0 aliphatic carbocycles. The number of fused-ring (bicyclic) bond motifs is 1. The number of benzene rings is 2. The zero-order valence-electron chi connectivity index (χ0n) is 17.2. The van der Waals surface area contributed by atoms with Gasteiger partial charge in [-0.25, -0.2) is 0 Å². The first kappa shape index (κ1) is 20.1. The Morgan fingerprint density at radius 1 is 1.12 bits per heavy atom. The van der Waals surface area contributed by atoms with Crippen molar-refractivity contribution < 1.29 is 14.3 Å². The van der Waals surface area contributed by atoms with E-state index in [9.17, 15) is 4.79 Å². The van der Waals surface area contributed by atoms with Crippen LogP contribution >= 0.6 is 11.6 Å². The summed E-state index contributed by atoms with van der Waals surface area (Å²) in [5.74, 6) is 1.56. The SMILES string of the molecule is Cn1cc(-c2cc(Oc3ccc4c(c3)C(=O)N(Cc3cccc(Cl)c3)CO4)ccn2)cn1. The van der Waals surface area contributed by atoms with Crippen molar-refractivity contribution in [3.05, 3.63) is 89.3 Å². The van der Waals surface area contributed by atoms with Gasteiger partial charge in [0.25, 0.3) is 5.91 Å². The second-order valence-corrected chi connectivity index (χ2v) is 7.88. The molecule has 0 fully saturated rings. The number of hydrogen-bond donors (Lipinski definition) is 0. The van der Waals surface area contributed by atoms with E-state index in [0.717, 1.165) is 16.8 Å². The lowest BCUT2D eigenvalue weighted by Crippen LogP contribution is -2.38. The van der Waals surface area contributed by atoms with E-state index >= 15 is 0 Å². The fraction of sp³-hybridized carbons (Fsp3) is 0.125. The smallest absolute Gasteiger partial charge is 0.260 e. The highest BCUT2D eigenvalue weighted by Gasteiger charge is 2.26. The van der Waals surface area contributed by atoms with Crippen LogP contribution in [0.25, 0.3) is 11.3 Å². The van der Waals surface area contributed by atoms with E-state index in [0.29, 0.717) is 34.4 Å². The molecule has 0 radical (unpaired) electrons. The summed E-state index contributed by atoms with van der Waals surface area (Å²) in [6.45, 7) is 0.583. The topological polar surface area (TPSA) is 69.5 Å². The second-order valence-electron chi connectivity index (χ2n) is 7.45. The lowest BCUT2D eigenvalue weighted by atomic mass is 10.1. The minimum Gasteiger partial charge on any atom is -0.472 e. The molecular formula is C24H19ClN4O3. The van der Waals surface area contributed by atoms with Gasteiger partial charge in [0.05, 0.1) is 17.5 Å². The minimum atomic E-state index is -0.123. The molecule has 160 valence electrons. The van der Waals surface area contributed by atoms with Crippen molar-refractivity contribution >= 4 is 17.5 Å². The molecule has 0 unspecified atom stereocenters. The van der Waals surface area contributed by atoms with Gasteiger partial charge in [0.1, 0.15) is 17.2 Å². The van der Waals surface area contributed by atoms with Crippen molar-refractivity contribution in [1.82, 2.24) is 19.7 Å². The molecule has 0 bridgehead atoms. The Balaban J connectivity index is 1.36. The maximum absolute atomic E-state index is 13.1. The molecule has 3 heterocycles. The summed E-state index contributed by atoms with van der Waals surface area (Å²) < 4.78 is 13.5. The van der Waals surface area contributed by atoms with E-state index in [1.54, 1.807) is 52.3 Å². The molecule has 1 aliphatic heterocycles. The largest absolute Gasteiger partial charge is 0.472 e. The number of ether oxygens (including phenoxy) is 2. The number of carbonyl (C=O) groups is 1. The molecule has 8 heteroatoms. The molecule has 32 heavy (non-hydrogen) atoms. The molecule has 2 aromatic heterocycles. The van der Waals surface area contributed by atoms with Crippen LogP contribution in [0.15, 0.2) is 73.2 Å². The van der Waals surface area contributed by atoms with Gasteiger partial charge in [-0.3, -0.25) is 14.5 Å². The lowest BCUT2D eigenvalue weighted by Gasteiger charge is -2.29. The zero-order valence-corrected chi connectivity index (χ0v) is 18.0. The molecule has 0 spiro atoms. The van der Waals surface area contributed by atoms with Crippen LogP contribution in [0.2, 0.25) is 5.02 Å². The molecule has 0 saturated carbocycles. The molecule has 1 aliphatic rings. The summed E-state index contributed by atoms with van der Waals surface area (Å²) in [7, 11) is 1.85. The van der Waals surface area contributed by atoms with Crippen LogP contribution in [0.5, 0.6) is 17.2 Å². The zero-order chi connectivity index (χ0) is 22.1. The summed E-state index contributed by atoms with van der Waals surface area (Å²) in [5.41, 5.74) is 3.03. The highest BCUT2D eigenvalue weighted by atomic mass is 35.5. The number of halogens is 1. The summed E-state index contributed by atoms with van der Waals surface area (Å²) in [6, 6.07) is 16.3. The standard InChI is InChI=1S/C24H19ClN4O3/c1-28-14-17(12-27-28)22-11-20(7-8-26-22)32-19-5-6-23-21(10-19)24(30)29(15-31-23)13-16-3-2-4-18(25)9-16/h2-12,14H,13,15H2,1H3. The Labute approximate surface area is 189 Å². The number of carbonyl (C=O) groups excluding carboxylic acids is 1. The molecular weight excluding hydrogens is 428 g/mol. The predicted molar refractivity (Wildman–Crippen MR) is 120 cm³/mol. The summed E-state index contributed by atoms with van der Waals surface area (Å²) in [6.07, 6.45) is 5.31. The van der Waals surface area contributed by atoms with Crippen molar-refractivity contribution in [2.45, 2.75) is 6.54 Å². The van der Waals surface area contributed by atoms with Crippen molar-refractivity contribution in [1.29, 1.82) is 0 Å². The first-order valence-electron chi connectivity index (χ1n) is 9.99. The number of aryl methyl sites for hydroxylation is 1. The number of hydrogen-bond acceptors (Lipinski definition) is 5. The Hall–Kier alpha value is -3.84. The molecule has 0 N–H and O–H groups in total. The molecule has 7 nitrogen and oxygen atoms in total. The number of amides is 1. The molecule has 1 amide bonds. The molecule has 5 rings (SSSR count). The highest BCUT2D eigenvalue weighted by molar-refractivity contribution is 6.30. The van der Waals surface area contributed by atoms with E-state index in [-0.39, 0.29) is 12.6 Å². The third-order valence-corrected chi connectivity index (χ3v) is 5.31. The van der Waals surface area contributed by atoms with Crippen LogP contribution in [0, 0.1) is 0 Å². The van der Waals surface area contributed by atoms with E-state index < -0.39 is 0 Å². The quantitative estimate of drug-likeness (QED) is 0.435. The first-order valence-corrected chi connectivity index (χ1v) is 10.4. The van der Waals surface area contributed by atoms with Gasteiger partial charge in [-0.2, -0.15) is 5.10 Å². The number of aromatic nitrogens is 3. The summed E-state index contributed by atoms with van der Waals surface area (Å²) in [5, 5.41) is 4.81. The number of nitrogens with zero attached hydrogens (tertiary/aromatic N) is 4.